The van der Waals surface area contributed by atoms with Gasteiger partial charge < -0.3 is 9.47 Å². The van der Waals surface area contributed by atoms with Crippen LogP contribution < -0.4 is 4.74 Å². The van der Waals surface area contributed by atoms with Crippen molar-refractivity contribution in [1.29, 1.82) is 0 Å². The second kappa shape index (κ2) is 6.48. The minimum Gasteiger partial charge on any atom is -0.497 e. The summed E-state index contributed by atoms with van der Waals surface area (Å²) in [4.78, 5) is 11.2. The summed E-state index contributed by atoms with van der Waals surface area (Å²) in [5, 5.41) is 0. The molecule has 112 valence electrons. The normalized spacial score (nSPS) is 17.7. The van der Waals surface area contributed by atoms with Crippen LogP contribution >= 0.6 is 0 Å². The minimum atomic E-state index is -0.103. The Bertz CT molecular complexity index is 669. The standard InChI is InChI=1S/C19H18O3/c1-21-17-10-6-15(7-11-17)3-2-14-4-8-16(9-5-14)18-12-13-19(20)22-18/h2-11,18H,12-13H2,1H3/b3-2+. The molecule has 2 aromatic rings. The summed E-state index contributed by atoms with van der Waals surface area (Å²) < 4.78 is 10.4. The molecule has 0 aromatic heterocycles. The van der Waals surface area contributed by atoms with Gasteiger partial charge in [-0.15, -0.1) is 0 Å². The van der Waals surface area contributed by atoms with Crippen molar-refractivity contribution in [2.75, 3.05) is 7.11 Å². The summed E-state index contributed by atoms with van der Waals surface area (Å²) in [5.41, 5.74) is 3.30. The molecule has 1 atom stereocenters. The SMILES string of the molecule is COc1ccc(/C=C/c2ccc(C3CCC(=O)O3)cc2)cc1. The van der Waals surface area contributed by atoms with E-state index in [0.29, 0.717) is 6.42 Å². The predicted molar refractivity (Wildman–Crippen MR) is 86.4 cm³/mol. The molecule has 0 bridgehead atoms. The molecule has 0 amide bonds. The van der Waals surface area contributed by atoms with Gasteiger partial charge in [-0.05, 0) is 35.2 Å². The van der Waals surface area contributed by atoms with Crippen molar-refractivity contribution in [3.8, 4) is 5.75 Å². The van der Waals surface area contributed by atoms with Crippen molar-refractivity contribution in [3.63, 3.8) is 0 Å². The number of benzene rings is 2. The molecule has 0 radical (unpaired) electrons. The van der Waals surface area contributed by atoms with Crippen LogP contribution in [0, 0.1) is 0 Å². The Hall–Kier alpha value is -2.55. The Balaban J connectivity index is 1.67. The van der Waals surface area contributed by atoms with E-state index in [1.165, 1.54) is 0 Å². The maximum Gasteiger partial charge on any atom is 0.306 e. The largest absolute Gasteiger partial charge is 0.497 e. The molecule has 3 rings (SSSR count). The molecule has 2 aromatic carbocycles. The summed E-state index contributed by atoms with van der Waals surface area (Å²) in [6.07, 6.45) is 5.34. The molecule has 1 unspecified atom stereocenters. The zero-order valence-corrected chi connectivity index (χ0v) is 12.5. The molecule has 0 N–H and O–H groups in total. The van der Waals surface area contributed by atoms with Gasteiger partial charge in [-0.2, -0.15) is 0 Å². The molecule has 3 nitrogen and oxygen atoms in total. The molecule has 3 heteroatoms. The van der Waals surface area contributed by atoms with E-state index in [0.717, 1.165) is 28.9 Å². The van der Waals surface area contributed by atoms with Crippen LogP contribution in [0.2, 0.25) is 0 Å². The predicted octanol–water partition coefficient (Wildman–Crippen LogP) is 4.24. The van der Waals surface area contributed by atoms with Gasteiger partial charge in [-0.25, -0.2) is 0 Å². The Morgan fingerprint density at radius 3 is 2.09 bits per heavy atom. The molecule has 22 heavy (non-hydrogen) atoms. The van der Waals surface area contributed by atoms with Crippen LogP contribution in [-0.4, -0.2) is 13.1 Å². The van der Waals surface area contributed by atoms with Crippen molar-refractivity contribution in [2.45, 2.75) is 18.9 Å². The summed E-state index contributed by atoms with van der Waals surface area (Å²) >= 11 is 0. The zero-order valence-electron chi connectivity index (χ0n) is 12.5. The summed E-state index contributed by atoms with van der Waals surface area (Å²) in [6, 6.07) is 16.1. The highest BCUT2D eigenvalue weighted by Gasteiger charge is 2.24. The first-order valence-electron chi connectivity index (χ1n) is 7.36. The highest BCUT2D eigenvalue weighted by molar-refractivity contribution is 5.72. The van der Waals surface area contributed by atoms with Crippen LogP contribution in [0.15, 0.2) is 48.5 Å². The Morgan fingerprint density at radius 1 is 1.00 bits per heavy atom. The Morgan fingerprint density at radius 2 is 1.59 bits per heavy atom. The molecule has 1 fully saturated rings. The minimum absolute atomic E-state index is 0.0767. The number of rotatable bonds is 4. The maximum atomic E-state index is 11.2. The average Bonchev–Trinajstić information content (AvgIpc) is 3.00. The van der Waals surface area contributed by atoms with Gasteiger partial charge >= 0.3 is 5.97 Å². The van der Waals surface area contributed by atoms with Gasteiger partial charge in [-0.1, -0.05) is 48.6 Å². The number of hydrogen-bond donors (Lipinski definition) is 0. The van der Waals surface area contributed by atoms with Crippen molar-refractivity contribution in [2.24, 2.45) is 0 Å². The topological polar surface area (TPSA) is 35.5 Å². The van der Waals surface area contributed by atoms with Crippen molar-refractivity contribution in [1.82, 2.24) is 0 Å². The van der Waals surface area contributed by atoms with Gasteiger partial charge in [0.15, 0.2) is 0 Å². The van der Waals surface area contributed by atoms with Gasteiger partial charge in [-0.3, -0.25) is 4.79 Å². The quantitative estimate of drug-likeness (QED) is 0.625. The molecule has 1 aliphatic rings. The fraction of sp³-hybridized carbons (Fsp3) is 0.211. The van der Waals surface area contributed by atoms with Crippen LogP contribution in [0.5, 0.6) is 5.75 Å². The van der Waals surface area contributed by atoms with E-state index in [9.17, 15) is 4.79 Å². The van der Waals surface area contributed by atoms with E-state index >= 15 is 0 Å². The number of ether oxygens (including phenoxy) is 2. The van der Waals surface area contributed by atoms with E-state index < -0.39 is 0 Å². The molecular formula is C19H18O3. The van der Waals surface area contributed by atoms with Crippen LogP contribution in [0.25, 0.3) is 12.2 Å². The van der Waals surface area contributed by atoms with Crippen LogP contribution in [0.4, 0.5) is 0 Å². The van der Waals surface area contributed by atoms with Gasteiger partial charge in [0.05, 0.1) is 7.11 Å². The van der Waals surface area contributed by atoms with Crippen molar-refractivity contribution < 1.29 is 14.3 Å². The van der Waals surface area contributed by atoms with E-state index in [1.54, 1.807) is 7.11 Å². The molecule has 0 saturated carbocycles. The number of cyclic esters (lactones) is 1. The van der Waals surface area contributed by atoms with Crippen LogP contribution in [-0.2, 0) is 9.53 Å². The third-order valence-corrected chi connectivity index (χ3v) is 3.78. The average molecular weight is 294 g/mol. The first-order valence-corrected chi connectivity index (χ1v) is 7.36. The lowest BCUT2D eigenvalue weighted by Gasteiger charge is -2.09. The van der Waals surface area contributed by atoms with Gasteiger partial charge in [0.1, 0.15) is 11.9 Å². The number of carbonyl (C=O) groups is 1. The zero-order chi connectivity index (χ0) is 15.4. The van der Waals surface area contributed by atoms with Crippen molar-refractivity contribution in [3.05, 3.63) is 65.2 Å². The highest BCUT2D eigenvalue weighted by Crippen LogP contribution is 2.29. The van der Waals surface area contributed by atoms with E-state index in [4.69, 9.17) is 9.47 Å². The Kier molecular flexibility index (Phi) is 4.24. The number of hydrogen-bond acceptors (Lipinski definition) is 3. The maximum absolute atomic E-state index is 11.2. The van der Waals surface area contributed by atoms with E-state index in [-0.39, 0.29) is 12.1 Å². The third-order valence-electron chi connectivity index (χ3n) is 3.78. The van der Waals surface area contributed by atoms with Gasteiger partial charge in [0.2, 0.25) is 0 Å². The second-order valence-corrected chi connectivity index (χ2v) is 5.29. The monoisotopic (exact) mass is 294 g/mol. The first kappa shape index (κ1) is 14.4. The number of esters is 1. The lowest BCUT2D eigenvalue weighted by Crippen LogP contribution is -1.98. The van der Waals surface area contributed by atoms with Crippen LogP contribution in [0.1, 0.15) is 35.6 Å². The number of carbonyl (C=O) groups excluding carboxylic acids is 1. The van der Waals surface area contributed by atoms with E-state index in [2.05, 4.69) is 12.2 Å². The molecule has 1 aliphatic heterocycles. The summed E-state index contributed by atoms with van der Waals surface area (Å²) in [6.45, 7) is 0. The fourth-order valence-electron chi connectivity index (χ4n) is 2.49. The first-order chi connectivity index (χ1) is 10.7. The van der Waals surface area contributed by atoms with Gasteiger partial charge in [0.25, 0.3) is 0 Å². The fourth-order valence-corrected chi connectivity index (χ4v) is 2.49. The molecular weight excluding hydrogens is 276 g/mol. The van der Waals surface area contributed by atoms with Crippen LogP contribution in [0.3, 0.4) is 0 Å². The molecule has 1 saturated heterocycles. The third kappa shape index (κ3) is 3.37. The number of methoxy groups -OCH3 is 1. The summed E-state index contributed by atoms with van der Waals surface area (Å²) in [5.74, 6) is 0.751. The summed E-state index contributed by atoms with van der Waals surface area (Å²) in [7, 11) is 1.66. The van der Waals surface area contributed by atoms with Crippen molar-refractivity contribution >= 4 is 18.1 Å². The smallest absolute Gasteiger partial charge is 0.306 e. The second-order valence-electron chi connectivity index (χ2n) is 5.29. The lowest BCUT2D eigenvalue weighted by atomic mass is 10.0. The van der Waals surface area contributed by atoms with E-state index in [1.807, 2.05) is 48.5 Å². The molecule has 1 heterocycles. The lowest BCUT2D eigenvalue weighted by molar-refractivity contribution is -0.141. The highest BCUT2D eigenvalue weighted by atomic mass is 16.5. The van der Waals surface area contributed by atoms with Gasteiger partial charge in [0, 0.05) is 6.42 Å². The molecule has 0 spiro atoms. The molecule has 0 aliphatic carbocycles. The Labute approximate surface area is 130 Å².